The average Bonchev–Trinajstić information content (AvgIpc) is 2.91. The van der Waals surface area contributed by atoms with E-state index in [-0.39, 0.29) is 5.56 Å². The summed E-state index contributed by atoms with van der Waals surface area (Å²) in [7, 11) is 0. The quantitative estimate of drug-likeness (QED) is 0.766. The summed E-state index contributed by atoms with van der Waals surface area (Å²) >= 11 is 2.06. The molecule has 0 radical (unpaired) electrons. The Balaban J connectivity index is 1.77. The van der Waals surface area contributed by atoms with E-state index >= 15 is 0 Å². The van der Waals surface area contributed by atoms with Gasteiger partial charge in [0.05, 0.1) is 22.2 Å². The van der Waals surface area contributed by atoms with Crippen molar-refractivity contribution in [2.24, 2.45) is 0 Å². The van der Waals surface area contributed by atoms with E-state index < -0.39 is 0 Å². The maximum Gasteiger partial charge on any atom is 0.267 e. The molecule has 5 heteroatoms. The Hall–Kier alpha value is -1.37. The molecule has 20 heavy (non-hydrogen) atoms. The number of aryl methyl sites for hydroxylation is 3. The first-order valence-electron chi connectivity index (χ1n) is 6.61. The van der Waals surface area contributed by atoms with Crippen molar-refractivity contribution >= 4 is 22.6 Å². The van der Waals surface area contributed by atoms with Crippen molar-refractivity contribution in [1.82, 2.24) is 9.55 Å². The normalized spacial score (nSPS) is 13.1. The summed E-state index contributed by atoms with van der Waals surface area (Å²) < 4.78 is 7.88. The molecule has 0 aliphatic carbocycles. The topological polar surface area (TPSA) is 44.1 Å². The Morgan fingerprint density at radius 1 is 1.45 bits per heavy atom. The summed E-state index contributed by atoms with van der Waals surface area (Å²) in [4.78, 5) is 16.3. The molecule has 0 saturated carbocycles. The molecule has 3 rings (SSSR count). The van der Waals surface area contributed by atoms with Gasteiger partial charge in [-0.3, -0.25) is 9.36 Å². The first-order chi connectivity index (χ1) is 9.65. The van der Waals surface area contributed by atoms with Crippen LogP contribution in [0.2, 0.25) is 0 Å². The van der Waals surface area contributed by atoms with E-state index in [1.165, 1.54) is 11.1 Å². The number of aromatic nitrogens is 2. The van der Waals surface area contributed by atoms with Crippen molar-refractivity contribution in [3.63, 3.8) is 0 Å². The molecule has 0 fully saturated rings. The number of rotatable bonds is 3. The Labute approximate surface area is 130 Å². The molecule has 1 aliphatic heterocycles. The second-order valence-corrected chi connectivity index (χ2v) is 6.01. The second-order valence-electron chi connectivity index (χ2n) is 4.93. The highest BCUT2D eigenvalue weighted by Gasteiger charge is 2.12. The van der Waals surface area contributed by atoms with Gasteiger partial charge in [-0.25, -0.2) is 4.98 Å². The van der Waals surface area contributed by atoms with Crippen LogP contribution in [-0.4, -0.2) is 16.2 Å². The summed E-state index contributed by atoms with van der Waals surface area (Å²) in [5.41, 5.74) is 3.34. The molecule has 0 atom stereocenters. The molecule has 0 spiro atoms. The van der Waals surface area contributed by atoms with Crippen LogP contribution in [0, 0.1) is 10.5 Å². The molecule has 2 aromatic rings. The number of nitrogens with zero attached hydrogens (tertiary/aromatic N) is 2. The molecule has 0 bridgehead atoms. The molecule has 0 unspecified atom stereocenters. The molecule has 104 valence electrons. The minimum atomic E-state index is 0.0441. The van der Waals surface area contributed by atoms with E-state index in [2.05, 4.69) is 39.7 Å². The van der Waals surface area contributed by atoms with E-state index in [1.807, 2.05) is 13.0 Å². The summed E-state index contributed by atoms with van der Waals surface area (Å²) in [5.74, 6) is 0.998. The predicted octanol–water partition coefficient (Wildman–Crippen LogP) is 2.33. The zero-order valence-electron chi connectivity index (χ0n) is 11.2. The van der Waals surface area contributed by atoms with Crippen LogP contribution in [0.4, 0.5) is 0 Å². The van der Waals surface area contributed by atoms with E-state index in [0.29, 0.717) is 10.1 Å². The molecule has 1 aromatic carbocycles. The van der Waals surface area contributed by atoms with Crippen LogP contribution in [0.25, 0.3) is 0 Å². The van der Waals surface area contributed by atoms with E-state index in [1.54, 1.807) is 10.9 Å². The highest BCUT2D eigenvalue weighted by Crippen LogP contribution is 2.26. The van der Waals surface area contributed by atoms with Gasteiger partial charge >= 0.3 is 0 Å². The molecule has 1 aliphatic rings. The van der Waals surface area contributed by atoms with E-state index in [9.17, 15) is 4.79 Å². The zero-order valence-corrected chi connectivity index (χ0v) is 13.4. The Kier molecular flexibility index (Phi) is 3.78. The molecular formula is C15H15IN2O2. The monoisotopic (exact) mass is 382 g/mol. The van der Waals surface area contributed by atoms with Gasteiger partial charge in [0.2, 0.25) is 0 Å². The van der Waals surface area contributed by atoms with Crippen molar-refractivity contribution in [3.8, 4) is 5.75 Å². The zero-order chi connectivity index (χ0) is 14.1. The smallest absolute Gasteiger partial charge is 0.267 e. The van der Waals surface area contributed by atoms with Crippen LogP contribution in [0.15, 0.2) is 29.3 Å². The first-order valence-corrected chi connectivity index (χ1v) is 7.69. The predicted molar refractivity (Wildman–Crippen MR) is 85.3 cm³/mol. The lowest BCUT2D eigenvalue weighted by atomic mass is 10.1. The lowest BCUT2D eigenvalue weighted by molar-refractivity contribution is 0.357. The highest BCUT2D eigenvalue weighted by molar-refractivity contribution is 14.1. The van der Waals surface area contributed by atoms with Gasteiger partial charge in [0.25, 0.3) is 5.56 Å². The highest BCUT2D eigenvalue weighted by atomic mass is 127. The molecule has 0 N–H and O–H groups in total. The summed E-state index contributed by atoms with van der Waals surface area (Å²) in [6, 6.07) is 6.28. The van der Waals surface area contributed by atoms with Gasteiger partial charge in [-0.2, -0.15) is 0 Å². The Morgan fingerprint density at radius 3 is 3.15 bits per heavy atom. The third kappa shape index (κ3) is 2.59. The number of fused-ring (bicyclic) bond motifs is 1. The third-order valence-corrected chi connectivity index (χ3v) is 4.79. The summed E-state index contributed by atoms with van der Waals surface area (Å²) in [5, 5.41) is 0. The van der Waals surface area contributed by atoms with Gasteiger partial charge < -0.3 is 4.74 Å². The maximum absolute atomic E-state index is 12.1. The van der Waals surface area contributed by atoms with Crippen molar-refractivity contribution in [2.45, 2.75) is 26.3 Å². The maximum atomic E-state index is 12.1. The van der Waals surface area contributed by atoms with Crippen LogP contribution in [0.5, 0.6) is 5.75 Å². The summed E-state index contributed by atoms with van der Waals surface area (Å²) in [6.45, 7) is 3.29. The van der Waals surface area contributed by atoms with Crippen LogP contribution in [-0.2, 0) is 19.4 Å². The fourth-order valence-corrected chi connectivity index (χ4v) is 2.80. The van der Waals surface area contributed by atoms with Gasteiger partial charge in [-0.15, -0.1) is 0 Å². The molecule has 0 saturated heterocycles. The minimum Gasteiger partial charge on any atom is -0.493 e. The molecule has 0 amide bonds. The molecule has 1 aromatic heterocycles. The Bertz CT molecular complexity index is 710. The number of benzene rings is 1. The fraction of sp³-hybridized carbons (Fsp3) is 0.333. The van der Waals surface area contributed by atoms with Gasteiger partial charge in [0.15, 0.2) is 0 Å². The molecule has 4 nitrogen and oxygen atoms in total. The van der Waals surface area contributed by atoms with Crippen molar-refractivity contribution < 1.29 is 4.74 Å². The lowest BCUT2D eigenvalue weighted by Crippen LogP contribution is -2.24. The van der Waals surface area contributed by atoms with E-state index in [0.717, 1.165) is 30.9 Å². The summed E-state index contributed by atoms with van der Waals surface area (Å²) in [6.07, 6.45) is 3.44. The number of halogens is 1. The van der Waals surface area contributed by atoms with Crippen molar-refractivity contribution in [1.29, 1.82) is 0 Å². The first kappa shape index (κ1) is 13.6. The van der Waals surface area contributed by atoms with Crippen molar-refractivity contribution in [3.05, 3.63) is 55.3 Å². The average molecular weight is 382 g/mol. The van der Waals surface area contributed by atoms with Crippen LogP contribution >= 0.6 is 22.6 Å². The Morgan fingerprint density at radius 2 is 2.30 bits per heavy atom. The van der Waals surface area contributed by atoms with E-state index in [4.69, 9.17) is 4.74 Å². The number of ether oxygens (including phenoxy) is 1. The van der Waals surface area contributed by atoms with Gasteiger partial charge in [0.1, 0.15) is 5.75 Å². The molecule has 2 heterocycles. The largest absolute Gasteiger partial charge is 0.493 e. The third-order valence-electron chi connectivity index (χ3n) is 3.55. The minimum absolute atomic E-state index is 0.0441. The number of hydrogen-bond acceptors (Lipinski definition) is 3. The van der Waals surface area contributed by atoms with Crippen LogP contribution in [0.3, 0.4) is 0 Å². The van der Waals surface area contributed by atoms with Crippen LogP contribution in [0.1, 0.15) is 16.8 Å². The van der Waals surface area contributed by atoms with Gasteiger partial charge in [-0.1, -0.05) is 12.1 Å². The number of hydrogen-bond donors (Lipinski definition) is 0. The van der Waals surface area contributed by atoms with Crippen molar-refractivity contribution in [2.75, 3.05) is 6.61 Å². The standard InChI is InChI=1S/C15H15IN2O2/c1-10-14(16)15(19)18(9-17-10)6-4-11-2-3-13-12(8-11)5-7-20-13/h2-3,8-9H,4-7H2,1H3. The van der Waals surface area contributed by atoms with Gasteiger partial charge in [0, 0.05) is 13.0 Å². The van der Waals surface area contributed by atoms with Crippen LogP contribution < -0.4 is 10.3 Å². The lowest BCUT2D eigenvalue weighted by Gasteiger charge is -2.08. The molecular weight excluding hydrogens is 367 g/mol. The second kappa shape index (κ2) is 5.55. The fourth-order valence-electron chi connectivity index (χ4n) is 2.35. The van der Waals surface area contributed by atoms with Gasteiger partial charge in [-0.05, 0) is 53.1 Å². The SMILES string of the molecule is Cc1ncn(CCc2ccc3c(c2)CCO3)c(=O)c1I.